The number of fused-ring (bicyclic) bond motifs is 7. The lowest BCUT2D eigenvalue weighted by atomic mass is 9.32. The van der Waals surface area contributed by atoms with Crippen LogP contribution in [-0.4, -0.2) is 55.4 Å². The first-order valence-electron chi connectivity index (χ1n) is 14.1. The SMILES string of the molecule is CC1CCC2(C(=O)O)CCC3(C)C(=CCC4C5(C)CC(O)C(O)C(C)(C)C5CC(O)C43C)C2C1(C)O. The van der Waals surface area contributed by atoms with Gasteiger partial charge in [0.25, 0.3) is 0 Å². The van der Waals surface area contributed by atoms with Crippen molar-refractivity contribution in [3.05, 3.63) is 11.6 Å². The minimum Gasteiger partial charge on any atom is -0.481 e. The van der Waals surface area contributed by atoms with E-state index < -0.39 is 57.5 Å². The highest BCUT2D eigenvalue weighted by Gasteiger charge is 2.73. The molecule has 0 aromatic carbocycles. The predicted molar refractivity (Wildman–Crippen MR) is 137 cm³/mol. The first-order chi connectivity index (χ1) is 16.4. The summed E-state index contributed by atoms with van der Waals surface area (Å²) in [4.78, 5) is 12.8. The van der Waals surface area contributed by atoms with E-state index in [1.165, 1.54) is 0 Å². The standard InChI is InChI=1S/C30H48O6/c1-16-10-11-30(24(34)35)13-12-27(5)17(22(30)29(16,7)36)8-9-19-26(4)15-18(31)23(33)25(2,3)20(26)14-21(32)28(19,27)6/h8,16,18-23,31-33,36H,9-15H2,1-7H3,(H,34,35). The molecule has 5 N–H and O–H groups in total. The Morgan fingerprint density at radius 2 is 1.61 bits per heavy atom. The second-order valence-corrected chi connectivity index (χ2v) is 15.0. The normalized spacial score (nSPS) is 58.0. The fourth-order valence-electron chi connectivity index (χ4n) is 10.9. The number of carboxylic acids is 1. The number of hydrogen-bond acceptors (Lipinski definition) is 5. The van der Waals surface area contributed by atoms with Crippen molar-refractivity contribution in [2.24, 2.45) is 50.7 Å². The molecule has 36 heavy (non-hydrogen) atoms. The van der Waals surface area contributed by atoms with Crippen molar-refractivity contribution < 1.29 is 30.3 Å². The van der Waals surface area contributed by atoms with Gasteiger partial charge in [-0.05, 0) is 85.9 Å². The largest absolute Gasteiger partial charge is 0.481 e. The van der Waals surface area contributed by atoms with Crippen LogP contribution in [-0.2, 0) is 4.79 Å². The molecule has 204 valence electrons. The molecule has 0 aromatic rings. The van der Waals surface area contributed by atoms with E-state index in [2.05, 4.69) is 26.8 Å². The van der Waals surface area contributed by atoms with Crippen LogP contribution in [0.1, 0.15) is 93.4 Å². The van der Waals surface area contributed by atoms with E-state index in [9.17, 15) is 30.3 Å². The van der Waals surface area contributed by atoms with Crippen LogP contribution in [0.2, 0.25) is 0 Å². The number of aliphatic hydroxyl groups excluding tert-OH is 3. The molecule has 0 saturated heterocycles. The molecule has 5 aliphatic rings. The third kappa shape index (κ3) is 2.85. The van der Waals surface area contributed by atoms with Gasteiger partial charge < -0.3 is 25.5 Å². The fourth-order valence-corrected chi connectivity index (χ4v) is 10.9. The van der Waals surface area contributed by atoms with E-state index in [1.807, 2.05) is 27.7 Å². The Morgan fingerprint density at radius 1 is 0.972 bits per heavy atom. The second-order valence-electron chi connectivity index (χ2n) is 15.0. The summed E-state index contributed by atoms with van der Waals surface area (Å²) in [7, 11) is 0. The number of allylic oxidation sites excluding steroid dienone is 1. The van der Waals surface area contributed by atoms with Gasteiger partial charge in [0.1, 0.15) is 0 Å². The third-order valence-corrected chi connectivity index (χ3v) is 13.5. The molecule has 0 aromatic heterocycles. The molecule has 0 radical (unpaired) electrons. The molecule has 6 heteroatoms. The van der Waals surface area contributed by atoms with Gasteiger partial charge >= 0.3 is 5.97 Å². The molecule has 0 spiro atoms. The summed E-state index contributed by atoms with van der Waals surface area (Å²) in [6.45, 7) is 14.5. The summed E-state index contributed by atoms with van der Waals surface area (Å²) in [5.41, 5.74) is -2.93. The van der Waals surface area contributed by atoms with Gasteiger partial charge in [-0.2, -0.15) is 0 Å². The van der Waals surface area contributed by atoms with Crippen molar-refractivity contribution in [3.8, 4) is 0 Å². The van der Waals surface area contributed by atoms with Gasteiger partial charge in [0.15, 0.2) is 0 Å². The molecule has 5 aliphatic carbocycles. The van der Waals surface area contributed by atoms with Crippen LogP contribution in [0.3, 0.4) is 0 Å². The summed E-state index contributed by atoms with van der Waals surface area (Å²) < 4.78 is 0. The molecule has 12 atom stereocenters. The van der Waals surface area contributed by atoms with Gasteiger partial charge in [-0.1, -0.05) is 53.2 Å². The Hall–Kier alpha value is -0.950. The maximum absolute atomic E-state index is 12.8. The molecule has 0 bridgehead atoms. The average Bonchev–Trinajstić information content (AvgIpc) is 2.77. The fraction of sp³-hybridized carbons (Fsp3) is 0.900. The van der Waals surface area contributed by atoms with Gasteiger partial charge in [0, 0.05) is 11.3 Å². The van der Waals surface area contributed by atoms with E-state index in [0.717, 1.165) is 5.57 Å². The maximum atomic E-state index is 12.8. The van der Waals surface area contributed by atoms with Crippen LogP contribution in [0.15, 0.2) is 11.6 Å². The topological polar surface area (TPSA) is 118 Å². The number of aliphatic hydroxyl groups is 4. The van der Waals surface area contributed by atoms with Crippen LogP contribution in [0.5, 0.6) is 0 Å². The lowest BCUT2D eigenvalue weighted by Crippen LogP contribution is -2.71. The van der Waals surface area contributed by atoms with Gasteiger partial charge in [-0.3, -0.25) is 4.79 Å². The zero-order valence-corrected chi connectivity index (χ0v) is 23.2. The molecule has 4 saturated carbocycles. The van der Waals surface area contributed by atoms with Crippen molar-refractivity contribution >= 4 is 5.97 Å². The Kier molecular flexibility index (Phi) is 5.61. The van der Waals surface area contributed by atoms with Crippen LogP contribution in [0.4, 0.5) is 0 Å². The van der Waals surface area contributed by atoms with Crippen LogP contribution in [0, 0.1) is 50.7 Å². The monoisotopic (exact) mass is 504 g/mol. The second kappa shape index (κ2) is 7.58. The lowest BCUT2D eigenvalue weighted by Gasteiger charge is -2.73. The van der Waals surface area contributed by atoms with Crippen molar-refractivity contribution in [1.82, 2.24) is 0 Å². The van der Waals surface area contributed by atoms with E-state index in [-0.39, 0.29) is 23.2 Å². The highest BCUT2D eigenvalue weighted by molar-refractivity contribution is 5.77. The molecule has 4 fully saturated rings. The highest BCUT2D eigenvalue weighted by atomic mass is 16.4. The number of carboxylic acid groups (broad SMARTS) is 1. The Morgan fingerprint density at radius 3 is 2.22 bits per heavy atom. The van der Waals surface area contributed by atoms with Crippen LogP contribution < -0.4 is 0 Å². The molecule has 5 rings (SSSR count). The summed E-state index contributed by atoms with van der Waals surface area (Å²) in [5, 5.41) is 56.3. The van der Waals surface area contributed by atoms with Gasteiger partial charge in [0.2, 0.25) is 0 Å². The number of hydrogen-bond donors (Lipinski definition) is 5. The molecule has 0 aliphatic heterocycles. The summed E-state index contributed by atoms with van der Waals surface area (Å²) in [6.07, 6.45) is 4.08. The lowest BCUT2D eigenvalue weighted by molar-refractivity contribution is -0.266. The maximum Gasteiger partial charge on any atom is 0.310 e. The minimum atomic E-state index is -1.15. The molecular weight excluding hydrogens is 456 g/mol. The van der Waals surface area contributed by atoms with Crippen molar-refractivity contribution in [1.29, 1.82) is 0 Å². The smallest absolute Gasteiger partial charge is 0.310 e. The Labute approximate surface area is 216 Å². The van der Waals surface area contributed by atoms with E-state index >= 15 is 0 Å². The highest BCUT2D eigenvalue weighted by Crippen LogP contribution is 2.76. The first kappa shape index (κ1) is 26.6. The molecular formula is C30H48O6. The zero-order chi connectivity index (χ0) is 26.9. The van der Waals surface area contributed by atoms with Crippen LogP contribution in [0.25, 0.3) is 0 Å². The minimum absolute atomic E-state index is 0.0160. The van der Waals surface area contributed by atoms with Crippen molar-refractivity contribution in [3.63, 3.8) is 0 Å². The molecule has 12 unspecified atom stereocenters. The summed E-state index contributed by atoms with van der Waals surface area (Å²) in [6, 6.07) is 0. The zero-order valence-electron chi connectivity index (χ0n) is 23.2. The number of rotatable bonds is 1. The van der Waals surface area contributed by atoms with Crippen molar-refractivity contribution in [2.45, 2.75) is 117 Å². The Bertz CT molecular complexity index is 986. The van der Waals surface area contributed by atoms with E-state index in [0.29, 0.717) is 44.9 Å². The molecule has 0 heterocycles. The van der Waals surface area contributed by atoms with Gasteiger partial charge in [-0.25, -0.2) is 0 Å². The third-order valence-electron chi connectivity index (χ3n) is 13.5. The first-order valence-corrected chi connectivity index (χ1v) is 14.1. The quantitative estimate of drug-likeness (QED) is 0.343. The predicted octanol–water partition coefficient (Wildman–Crippen LogP) is 4.15. The Balaban J connectivity index is 1.68. The summed E-state index contributed by atoms with van der Waals surface area (Å²) in [5.74, 6) is -1.20. The molecule has 6 nitrogen and oxygen atoms in total. The van der Waals surface area contributed by atoms with Crippen molar-refractivity contribution in [2.75, 3.05) is 0 Å². The van der Waals surface area contributed by atoms with Gasteiger partial charge in [-0.15, -0.1) is 0 Å². The number of aliphatic carboxylic acids is 1. The average molecular weight is 505 g/mol. The van der Waals surface area contributed by atoms with E-state index in [4.69, 9.17) is 0 Å². The van der Waals surface area contributed by atoms with Crippen LogP contribution >= 0.6 is 0 Å². The van der Waals surface area contributed by atoms with Gasteiger partial charge in [0.05, 0.1) is 29.3 Å². The summed E-state index contributed by atoms with van der Waals surface area (Å²) >= 11 is 0. The van der Waals surface area contributed by atoms with E-state index in [1.54, 1.807) is 0 Å². The number of carbonyl (C=O) groups is 1. The molecule has 0 amide bonds.